The number of unbranched alkanes of at least 4 members (excludes halogenated alkanes) is 46. The summed E-state index contributed by atoms with van der Waals surface area (Å²) in [5, 5.41) is 87.3. The summed E-state index contributed by atoms with van der Waals surface area (Å²) in [6.45, 7) is 2.84. The fourth-order valence-corrected chi connectivity index (χ4v) is 12.3. The van der Waals surface area contributed by atoms with Gasteiger partial charge in [0.15, 0.2) is 12.6 Å². The second-order valence-corrected chi connectivity index (χ2v) is 26.1. The van der Waals surface area contributed by atoms with Crippen LogP contribution in [-0.2, 0) is 23.7 Å². The average Bonchev–Trinajstić information content (AvgIpc) is 1.83. The number of carbonyl (C=O) groups is 1. The summed E-state index contributed by atoms with van der Waals surface area (Å²) in [5.74, 6) is -0.232. The molecule has 0 spiro atoms. The van der Waals surface area contributed by atoms with Gasteiger partial charge in [-0.2, -0.15) is 0 Å². The maximum Gasteiger partial charge on any atom is 0.220 e. The van der Waals surface area contributed by atoms with Crippen molar-refractivity contribution < 1.29 is 64.6 Å². The second-order valence-electron chi connectivity index (χ2n) is 26.1. The van der Waals surface area contributed by atoms with Gasteiger partial charge < -0.3 is 65.1 Å². The van der Waals surface area contributed by atoms with E-state index in [1.165, 1.54) is 270 Å². The van der Waals surface area contributed by atoms with Crippen LogP contribution >= 0.6 is 0 Å². The lowest BCUT2D eigenvalue weighted by atomic mass is 9.97. The Balaban J connectivity index is 1.57. The standard InChI is InChI=1S/C72H137NO13/c1-3-5-7-9-11-13-15-17-19-20-21-22-23-24-25-26-27-28-29-30-31-32-33-34-35-36-37-38-39-40-42-44-46-48-50-52-54-56-64(77)73-60(61(76)55-53-51-49-47-45-43-41-18-16-14-12-10-8-6-4-2)59-83-71-69(82)67(80)70(63(58-75)85-71)86-72-68(81)66(79)65(78)62(57-74)84-72/h20-21,53,55,60-63,65-72,74-76,78-82H,3-19,22-52,54,56-59H2,1-2H3,(H,73,77)/b21-20-,55-53+. The zero-order valence-corrected chi connectivity index (χ0v) is 55.3. The van der Waals surface area contributed by atoms with Gasteiger partial charge in [0.1, 0.15) is 48.8 Å². The van der Waals surface area contributed by atoms with Gasteiger partial charge in [0.2, 0.25) is 5.91 Å². The monoisotopic (exact) mass is 1220 g/mol. The minimum absolute atomic E-state index is 0.232. The third kappa shape index (κ3) is 41.1. The van der Waals surface area contributed by atoms with Crippen LogP contribution in [0.15, 0.2) is 24.3 Å². The fourth-order valence-electron chi connectivity index (χ4n) is 12.3. The number of carbonyl (C=O) groups excluding carboxylic acids is 1. The Morgan fingerprint density at radius 2 is 0.733 bits per heavy atom. The van der Waals surface area contributed by atoms with Gasteiger partial charge in [0, 0.05) is 6.42 Å². The Morgan fingerprint density at radius 1 is 0.407 bits per heavy atom. The number of rotatable bonds is 61. The summed E-state index contributed by atoms with van der Waals surface area (Å²) in [6, 6.07) is -0.911. The lowest BCUT2D eigenvalue weighted by Gasteiger charge is -2.46. The van der Waals surface area contributed by atoms with Gasteiger partial charge in [0.25, 0.3) is 0 Å². The topological polar surface area (TPSA) is 228 Å². The van der Waals surface area contributed by atoms with E-state index in [-0.39, 0.29) is 18.9 Å². The smallest absolute Gasteiger partial charge is 0.220 e. The SMILES string of the molecule is CCCCCCCCCC/C=C\CCCCCCCCCCCCCCCCCCCCCCCCCCCC(=O)NC(COC1OC(CO)C(OC2OC(CO)C(O)C(O)C2O)C(O)C1O)C(O)/C=C/CCCCCCCCCCCCCCC. The molecular weight excluding hydrogens is 1090 g/mol. The first kappa shape index (κ1) is 80.6. The minimum Gasteiger partial charge on any atom is -0.394 e. The fraction of sp³-hybridized carbons (Fsp3) is 0.931. The van der Waals surface area contributed by atoms with Crippen molar-refractivity contribution in [2.24, 2.45) is 0 Å². The van der Waals surface area contributed by atoms with Crippen LogP contribution in [0, 0.1) is 0 Å². The minimum atomic E-state index is -1.79. The highest BCUT2D eigenvalue weighted by atomic mass is 16.7. The summed E-state index contributed by atoms with van der Waals surface area (Å²) >= 11 is 0. The first-order valence-corrected chi connectivity index (χ1v) is 36.6. The number of aliphatic hydroxyl groups is 8. The zero-order chi connectivity index (χ0) is 62.3. The van der Waals surface area contributed by atoms with Crippen LogP contribution in [0.2, 0.25) is 0 Å². The van der Waals surface area contributed by atoms with E-state index in [1.54, 1.807) is 6.08 Å². The molecule has 12 atom stereocenters. The highest BCUT2D eigenvalue weighted by Gasteiger charge is 2.51. The van der Waals surface area contributed by atoms with Gasteiger partial charge in [-0.15, -0.1) is 0 Å². The molecule has 1 amide bonds. The third-order valence-electron chi connectivity index (χ3n) is 18.1. The highest BCUT2D eigenvalue weighted by Crippen LogP contribution is 2.30. The maximum absolute atomic E-state index is 13.3. The number of nitrogens with one attached hydrogen (secondary N) is 1. The van der Waals surface area contributed by atoms with Crippen LogP contribution in [-0.4, -0.2) is 140 Å². The summed E-state index contributed by atoms with van der Waals surface area (Å²) in [6.07, 6.45) is 55.5. The van der Waals surface area contributed by atoms with Crippen molar-refractivity contribution in [3.63, 3.8) is 0 Å². The quantitative estimate of drug-likeness (QED) is 0.0204. The van der Waals surface area contributed by atoms with E-state index in [0.717, 1.165) is 38.5 Å². The largest absolute Gasteiger partial charge is 0.394 e. The molecule has 2 aliphatic heterocycles. The molecular formula is C72H137NO13. The number of hydrogen-bond acceptors (Lipinski definition) is 13. The Morgan fingerprint density at radius 3 is 1.10 bits per heavy atom. The number of hydrogen-bond donors (Lipinski definition) is 9. The predicted molar refractivity (Wildman–Crippen MR) is 351 cm³/mol. The van der Waals surface area contributed by atoms with E-state index in [2.05, 4.69) is 31.3 Å². The van der Waals surface area contributed by atoms with Crippen molar-refractivity contribution in [1.29, 1.82) is 0 Å². The van der Waals surface area contributed by atoms with E-state index in [9.17, 15) is 45.6 Å². The van der Waals surface area contributed by atoms with E-state index < -0.39 is 86.8 Å². The molecule has 0 saturated carbocycles. The first-order chi connectivity index (χ1) is 42.1. The molecule has 9 N–H and O–H groups in total. The molecule has 0 bridgehead atoms. The van der Waals surface area contributed by atoms with Gasteiger partial charge >= 0.3 is 0 Å². The van der Waals surface area contributed by atoms with E-state index in [4.69, 9.17) is 18.9 Å². The molecule has 0 aromatic heterocycles. The lowest BCUT2D eigenvalue weighted by molar-refractivity contribution is -0.359. The summed E-state index contributed by atoms with van der Waals surface area (Å²) in [4.78, 5) is 13.3. The molecule has 12 unspecified atom stereocenters. The molecule has 508 valence electrons. The van der Waals surface area contributed by atoms with Gasteiger partial charge in [0.05, 0.1) is 32.0 Å². The highest BCUT2D eigenvalue weighted by molar-refractivity contribution is 5.76. The number of amides is 1. The second kappa shape index (κ2) is 57.4. The van der Waals surface area contributed by atoms with Crippen molar-refractivity contribution in [2.75, 3.05) is 19.8 Å². The van der Waals surface area contributed by atoms with E-state index in [1.807, 2.05) is 6.08 Å². The van der Waals surface area contributed by atoms with Crippen LogP contribution < -0.4 is 5.32 Å². The van der Waals surface area contributed by atoms with E-state index in [0.29, 0.717) is 6.42 Å². The number of aliphatic hydroxyl groups excluding tert-OH is 8. The molecule has 2 saturated heterocycles. The number of ether oxygens (including phenoxy) is 4. The Kier molecular flexibility index (Phi) is 53.7. The summed E-state index contributed by atoms with van der Waals surface area (Å²) in [7, 11) is 0. The molecule has 0 aliphatic carbocycles. The number of allylic oxidation sites excluding steroid dienone is 3. The average molecular weight is 1220 g/mol. The molecule has 0 radical (unpaired) electrons. The normalized spacial score (nSPS) is 23.5. The molecule has 14 heteroatoms. The van der Waals surface area contributed by atoms with Gasteiger partial charge in [-0.05, 0) is 44.9 Å². The van der Waals surface area contributed by atoms with Gasteiger partial charge in [-0.25, -0.2) is 0 Å². The molecule has 14 nitrogen and oxygen atoms in total. The van der Waals surface area contributed by atoms with Crippen LogP contribution in [0.4, 0.5) is 0 Å². The molecule has 86 heavy (non-hydrogen) atoms. The molecule has 2 fully saturated rings. The van der Waals surface area contributed by atoms with Crippen LogP contribution in [0.1, 0.15) is 335 Å². The first-order valence-electron chi connectivity index (χ1n) is 36.6. The van der Waals surface area contributed by atoms with Crippen molar-refractivity contribution in [2.45, 2.75) is 408 Å². The molecule has 2 rings (SSSR count). The third-order valence-corrected chi connectivity index (χ3v) is 18.1. The van der Waals surface area contributed by atoms with Crippen molar-refractivity contribution >= 4 is 5.91 Å². The van der Waals surface area contributed by atoms with Crippen LogP contribution in [0.25, 0.3) is 0 Å². The predicted octanol–water partition coefficient (Wildman–Crippen LogP) is 15.1. The summed E-state index contributed by atoms with van der Waals surface area (Å²) in [5.41, 5.74) is 0. The summed E-state index contributed by atoms with van der Waals surface area (Å²) < 4.78 is 22.8. The van der Waals surface area contributed by atoms with Crippen molar-refractivity contribution in [3.05, 3.63) is 24.3 Å². The molecule has 0 aromatic rings. The zero-order valence-electron chi connectivity index (χ0n) is 55.3. The lowest BCUT2D eigenvalue weighted by Crippen LogP contribution is -2.65. The Labute approximate surface area is 526 Å². The van der Waals surface area contributed by atoms with Crippen LogP contribution in [0.3, 0.4) is 0 Å². The molecule has 2 aliphatic rings. The Bertz CT molecular complexity index is 1540. The Hall–Kier alpha value is -1.53. The molecule has 0 aromatic carbocycles. The van der Waals surface area contributed by atoms with Crippen molar-refractivity contribution in [1.82, 2.24) is 5.32 Å². The molecule has 2 heterocycles. The van der Waals surface area contributed by atoms with Gasteiger partial charge in [-0.1, -0.05) is 308 Å². The van der Waals surface area contributed by atoms with Crippen molar-refractivity contribution in [3.8, 4) is 0 Å². The maximum atomic E-state index is 13.3. The van der Waals surface area contributed by atoms with E-state index >= 15 is 0 Å². The van der Waals surface area contributed by atoms with Gasteiger partial charge in [-0.3, -0.25) is 4.79 Å². The van der Waals surface area contributed by atoms with Crippen LogP contribution in [0.5, 0.6) is 0 Å².